The van der Waals surface area contributed by atoms with Crippen molar-refractivity contribution < 1.29 is 14.7 Å². The number of nitrogens with zero attached hydrogens (tertiary/aromatic N) is 1. The minimum atomic E-state index is -0.787. The van der Waals surface area contributed by atoms with Crippen LogP contribution in [0, 0.1) is 5.41 Å². The van der Waals surface area contributed by atoms with Crippen LogP contribution in [0.2, 0.25) is 0 Å². The zero-order chi connectivity index (χ0) is 15.3. The van der Waals surface area contributed by atoms with E-state index in [4.69, 9.17) is 5.11 Å². The summed E-state index contributed by atoms with van der Waals surface area (Å²) < 4.78 is 0. The van der Waals surface area contributed by atoms with Gasteiger partial charge in [0.2, 0.25) is 5.91 Å². The van der Waals surface area contributed by atoms with Gasteiger partial charge in [-0.2, -0.15) is 0 Å². The number of carboxylic acids is 1. The highest BCUT2D eigenvalue weighted by atomic mass is 16.4. The van der Waals surface area contributed by atoms with Gasteiger partial charge in [-0.05, 0) is 31.2 Å². The van der Waals surface area contributed by atoms with E-state index in [2.05, 4.69) is 26.1 Å². The molecule has 0 saturated heterocycles. The molecule has 1 fully saturated rings. The van der Waals surface area contributed by atoms with Crippen molar-refractivity contribution in [3.63, 3.8) is 0 Å². The van der Waals surface area contributed by atoms with Crippen molar-refractivity contribution in [3.8, 4) is 0 Å². The van der Waals surface area contributed by atoms with E-state index in [0.29, 0.717) is 12.5 Å². The lowest BCUT2D eigenvalue weighted by molar-refractivity contribution is -0.139. The van der Waals surface area contributed by atoms with Crippen LogP contribution >= 0.6 is 0 Å². The van der Waals surface area contributed by atoms with E-state index in [0.717, 1.165) is 25.8 Å². The van der Waals surface area contributed by atoms with E-state index in [1.54, 1.807) is 0 Å². The molecule has 5 nitrogen and oxygen atoms in total. The summed E-state index contributed by atoms with van der Waals surface area (Å²) in [6.45, 7) is 9.19. The molecule has 1 amide bonds. The Hall–Kier alpha value is -1.10. The first-order chi connectivity index (χ1) is 9.21. The minimum Gasteiger partial charge on any atom is -0.480 e. The third-order valence-electron chi connectivity index (χ3n) is 3.84. The summed E-state index contributed by atoms with van der Waals surface area (Å²) in [6.07, 6.45) is 3.18. The maximum absolute atomic E-state index is 11.8. The van der Waals surface area contributed by atoms with E-state index in [1.165, 1.54) is 0 Å². The van der Waals surface area contributed by atoms with Crippen molar-refractivity contribution in [1.29, 1.82) is 0 Å². The highest BCUT2D eigenvalue weighted by Gasteiger charge is 2.34. The topological polar surface area (TPSA) is 69.6 Å². The van der Waals surface area contributed by atoms with E-state index in [9.17, 15) is 9.59 Å². The molecule has 0 aromatic carbocycles. The van der Waals surface area contributed by atoms with Crippen molar-refractivity contribution in [3.05, 3.63) is 0 Å². The average molecular weight is 284 g/mol. The van der Waals surface area contributed by atoms with Crippen LogP contribution in [0.3, 0.4) is 0 Å². The van der Waals surface area contributed by atoms with Crippen molar-refractivity contribution in [2.45, 2.75) is 65.5 Å². The lowest BCUT2D eigenvalue weighted by Gasteiger charge is -2.42. The fourth-order valence-electron chi connectivity index (χ4n) is 2.47. The van der Waals surface area contributed by atoms with E-state index in [1.807, 2.05) is 11.8 Å². The number of carbonyl (C=O) groups is 2. The highest BCUT2D eigenvalue weighted by Crippen LogP contribution is 2.26. The van der Waals surface area contributed by atoms with Crippen LogP contribution < -0.4 is 5.32 Å². The van der Waals surface area contributed by atoms with Crippen LogP contribution in [-0.2, 0) is 9.59 Å². The molecule has 1 saturated carbocycles. The summed E-state index contributed by atoms with van der Waals surface area (Å²) in [5.74, 6) is -0.672. The van der Waals surface area contributed by atoms with Gasteiger partial charge < -0.3 is 10.4 Å². The number of likely N-dealkylation sites (N-methyl/N-ethyl adjacent to an activating group) is 1. The van der Waals surface area contributed by atoms with Gasteiger partial charge in [0, 0.05) is 18.5 Å². The maximum Gasteiger partial charge on any atom is 0.317 e. The lowest BCUT2D eigenvalue weighted by atomic mass is 9.85. The second-order valence-electron chi connectivity index (χ2n) is 6.91. The van der Waals surface area contributed by atoms with Gasteiger partial charge in [0.25, 0.3) is 0 Å². The Morgan fingerprint density at radius 2 is 1.90 bits per heavy atom. The maximum atomic E-state index is 11.8. The molecule has 0 radical (unpaired) electrons. The van der Waals surface area contributed by atoms with Gasteiger partial charge in [0.05, 0.1) is 6.54 Å². The van der Waals surface area contributed by atoms with Crippen LogP contribution in [-0.4, -0.2) is 47.1 Å². The molecule has 0 bridgehead atoms. The predicted molar refractivity (Wildman–Crippen MR) is 78.5 cm³/mol. The first-order valence-corrected chi connectivity index (χ1v) is 7.46. The molecule has 1 rings (SSSR count). The second kappa shape index (κ2) is 7.07. The predicted octanol–water partition coefficient (Wildman–Crippen LogP) is 1.87. The fourth-order valence-corrected chi connectivity index (χ4v) is 2.47. The van der Waals surface area contributed by atoms with Gasteiger partial charge in [-0.25, -0.2) is 0 Å². The number of carbonyl (C=O) groups excluding carboxylic acids is 1. The summed E-state index contributed by atoms with van der Waals surface area (Å²) in [7, 11) is 0. The molecule has 0 unspecified atom stereocenters. The monoisotopic (exact) mass is 284 g/mol. The SMILES string of the molecule is CCN(CC(=O)O)C1CC(NC(=O)CCC(C)(C)C)C1. The van der Waals surface area contributed by atoms with Gasteiger partial charge in [-0.15, -0.1) is 0 Å². The molecule has 0 spiro atoms. The van der Waals surface area contributed by atoms with Crippen molar-refractivity contribution in [2.75, 3.05) is 13.1 Å². The largest absolute Gasteiger partial charge is 0.480 e. The van der Waals surface area contributed by atoms with Gasteiger partial charge in [-0.1, -0.05) is 27.7 Å². The number of rotatable bonds is 7. The molecule has 0 heterocycles. The molecule has 0 aromatic rings. The van der Waals surface area contributed by atoms with Crippen LogP contribution in [0.1, 0.15) is 53.4 Å². The number of amides is 1. The number of nitrogens with one attached hydrogen (secondary N) is 1. The third-order valence-corrected chi connectivity index (χ3v) is 3.84. The first-order valence-electron chi connectivity index (χ1n) is 7.46. The van der Waals surface area contributed by atoms with Gasteiger partial charge >= 0.3 is 5.97 Å². The first kappa shape index (κ1) is 17.0. The summed E-state index contributed by atoms with van der Waals surface area (Å²) in [6, 6.07) is 0.513. The third kappa shape index (κ3) is 5.90. The van der Waals surface area contributed by atoms with E-state index in [-0.39, 0.29) is 23.9 Å². The standard InChI is InChI=1S/C15H28N2O3/c1-5-17(10-14(19)20)12-8-11(9-12)16-13(18)6-7-15(2,3)4/h11-12H,5-10H2,1-4H3,(H,16,18)(H,19,20). The molecule has 0 aliphatic heterocycles. The highest BCUT2D eigenvalue weighted by molar-refractivity contribution is 5.76. The van der Waals surface area contributed by atoms with Gasteiger partial charge in [0.15, 0.2) is 0 Å². The lowest BCUT2D eigenvalue weighted by Crippen LogP contribution is -2.54. The van der Waals surface area contributed by atoms with Crippen LogP contribution in [0.5, 0.6) is 0 Å². The summed E-state index contributed by atoms with van der Waals surface area (Å²) in [4.78, 5) is 24.5. The van der Waals surface area contributed by atoms with Gasteiger partial charge in [0.1, 0.15) is 0 Å². The van der Waals surface area contributed by atoms with Gasteiger partial charge in [-0.3, -0.25) is 14.5 Å². The molecule has 5 heteroatoms. The Morgan fingerprint density at radius 3 is 2.35 bits per heavy atom. The quantitative estimate of drug-likeness (QED) is 0.749. The molecule has 20 heavy (non-hydrogen) atoms. The Morgan fingerprint density at radius 1 is 1.30 bits per heavy atom. The summed E-state index contributed by atoms with van der Waals surface area (Å²) >= 11 is 0. The summed E-state index contributed by atoms with van der Waals surface area (Å²) in [5, 5.41) is 11.9. The molecule has 0 atom stereocenters. The zero-order valence-electron chi connectivity index (χ0n) is 13.1. The molecular formula is C15H28N2O3. The van der Waals surface area contributed by atoms with Crippen LogP contribution in [0.15, 0.2) is 0 Å². The molecule has 2 N–H and O–H groups in total. The molecule has 1 aliphatic rings. The average Bonchev–Trinajstić information content (AvgIpc) is 2.27. The Labute approximate surface area is 121 Å². The Balaban J connectivity index is 2.24. The smallest absolute Gasteiger partial charge is 0.317 e. The fraction of sp³-hybridized carbons (Fsp3) is 0.867. The number of hydrogen-bond donors (Lipinski definition) is 2. The Bertz CT molecular complexity index is 344. The van der Waals surface area contributed by atoms with Crippen molar-refractivity contribution >= 4 is 11.9 Å². The van der Waals surface area contributed by atoms with E-state index >= 15 is 0 Å². The second-order valence-corrected chi connectivity index (χ2v) is 6.91. The molecule has 1 aliphatic carbocycles. The van der Waals surface area contributed by atoms with Crippen molar-refractivity contribution in [2.24, 2.45) is 5.41 Å². The van der Waals surface area contributed by atoms with E-state index < -0.39 is 5.97 Å². The molecular weight excluding hydrogens is 256 g/mol. The summed E-state index contributed by atoms with van der Waals surface area (Å²) in [5.41, 5.74) is 0.181. The number of aliphatic carboxylic acids is 1. The van der Waals surface area contributed by atoms with Crippen molar-refractivity contribution in [1.82, 2.24) is 10.2 Å². The normalized spacial score (nSPS) is 22.4. The number of carboxylic acid groups (broad SMARTS) is 1. The van der Waals surface area contributed by atoms with Crippen LogP contribution in [0.4, 0.5) is 0 Å². The molecule has 0 aromatic heterocycles. The number of hydrogen-bond acceptors (Lipinski definition) is 3. The van der Waals surface area contributed by atoms with Crippen LogP contribution in [0.25, 0.3) is 0 Å². The Kier molecular flexibility index (Phi) is 5.99. The zero-order valence-corrected chi connectivity index (χ0v) is 13.1. The molecule has 116 valence electrons. The minimum absolute atomic E-state index is 0.0891.